The van der Waals surface area contributed by atoms with Gasteiger partial charge >= 0.3 is 0 Å². The fraction of sp³-hybridized carbons (Fsp3) is 0.0833. The first-order valence-electron chi connectivity index (χ1n) is 5.09. The van der Waals surface area contributed by atoms with Crippen LogP contribution in [0.25, 0.3) is 0 Å². The number of hydrogen-bond donors (Lipinski definition) is 2. The first-order valence-corrected chi connectivity index (χ1v) is 6.46. The van der Waals surface area contributed by atoms with Gasteiger partial charge in [-0.25, -0.2) is 10.8 Å². The highest BCUT2D eigenvalue weighted by Gasteiger charge is 2.02. The normalized spacial score (nSPS) is 10.2. The molecule has 0 fully saturated rings. The molecule has 0 unspecified atom stereocenters. The molecule has 0 aliphatic rings. The van der Waals surface area contributed by atoms with Crippen molar-refractivity contribution in [2.75, 3.05) is 5.43 Å². The molecule has 3 nitrogen and oxygen atoms in total. The van der Waals surface area contributed by atoms with Crippen molar-refractivity contribution < 1.29 is 0 Å². The van der Waals surface area contributed by atoms with Gasteiger partial charge in [-0.15, -0.1) is 11.8 Å². The number of nitrogens with two attached hydrogens (primary N) is 1. The molecule has 2 rings (SSSR count). The summed E-state index contributed by atoms with van der Waals surface area (Å²) in [5.41, 5.74) is 3.49. The lowest BCUT2D eigenvalue weighted by molar-refractivity contribution is 1.14. The van der Waals surface area contributed by atoms with Crippen LogP contribution in [0.2, 0.25) is 5.02 Å². The molecule has 0 radical (unpaired) electrons. The van der Waals surface area contributed by atoms with Crippen LogP contribution in [-0.2, 0) is 5.75 Å². The third-order valence-electron chi connectivity index (χ3n) is 2.17. The lowest BCUT2D eigenvalue weighted by Gasteiger charge is -2.05. The third kappa shape index (κ3) is 3.36. The van der Waals surface area contributed by atoms with Gasteiger partial charge in [0.25, 0.3) is 0 Å². The van der Waals surface area contributed by atoms with Crippen molar-refractivity contribution in [3.63, 3.8) is 0 Å². The largest absolute Gasteiger partial charge is 0.308 e. The van der Waals surface area contributed by atoms with Crippen LogP contribution in [0.15, 0.2) is 47.4 Å². The monoisotopic (exact) mass is 265 g/mol. The molecule has 1 heterocycles. The van der Waals surface area contributed by atoms with Gasteiger partial charge in [-0.05, 0) is 24.3 Å². The van der Waals surface area contributed by atoms with Crippen LogP contribution in [0, 0.1) is 0 Å². The Labute approximate surface area is 109 Å². The number of anilines is 1. The molecule has 88 valence electrons. The maximum Gasteiger partial charge on any atom is 0.140 e. The molecule has 0 aliphatic heterocycles. The van der Waals surface area contributed by atoms with Crippen molar-refractivity contribution in [1.29, 1.82) is 0 Å². The number of halogens is 1. The van der Waals surface area contributed by atoms with Gasteiger partial charge in [0.2, 0.25) is 0 Å². The van der Waals surface area contributed by atoms with E-state index in [0.29, 0.717) is 5.82 Å². The fourth-order valence-electron chi connectivity index (χ4n) is 1.35. The van der Waals surface area contributed by atoms with Crippen LogP contribution >= 0.6 is 23.4 Å². The number of nitrogens with zero attached hydrogens (tertiary/aromatic N) is 1. The van der Waals surface area contributed by atoms with Gasteiger partial charge in [0, 0.05) is 10.6 Å². The Morgan fingerprint density at radius 1 is 1.18 bits per heavy atom. The molecule has 0 atom stereocenters. The highest BCUT2D eigenvalue weighted by Crippen LogP contribution is 2.28. The number of aromatic nitrogens is 1. The maximum absolute atomic E-state index is 6.08. The van der Waals surface area contributed by atoms with Gasteiger partial charge in [-0.1, -0.05) is 29.8 Å². The Hall–Kier alpha value is -1.23. The van der Waals surface area contributed by atoms with Crippen LogP contribution in [0.5, 0.6) is 0 Å². The molecule has 2 aromatic rings. The van der Waals surface area contributed by atoms with Gasteiger partial charge in [0.15, 0.2) is 0 Å². The number of nitrogens with one attached hydrogen (secondary N) is 1. The zero-order chi connectivity index (χ0) is 12.1. The number of benzene rings is 1. The quantitative estimate of drug-likeness (QED) is 0.506. The van der Waals surface area contributed by atoms with Crippen LogP contribution in [0.3, 0.4) is 0 Å². The molecule has 0 saturated heterocycles. The minimum Gasteiger partial charge on any atom is -0.308 e. The third-order valence-corrected chi connectivity index (χ3v) is 3.72. The van der Waals surface area contributed by atoms with Crippen molar-refractivity contribution >= 4 is 29.2 Å². The summed E-state index contributed by atoms with van der Waals surface area (Å²) < 4.78 is 0. The number of pyridine rings is 1. The smallest absolute Gasteiger partial charge is 0.140 e. The lowest BCUT2D eigenvalue weighted by atomic mass is 10.4. The Morgan fingerprint density at radius 3 is 2.76 bits per heavy atom. The van der Waals surface area contributed by atoms with Gasteiger partial charge < -0.3 is 5.43 Å². The van der Waals surface area contributed by atoms with Crippen LogP contribution in [-0.4, -0.2) is 4.98 Å². The van der Waals surface area contributed by atoms with Crippen molar-refractivity contribution in [2.45, 2.75) is 10.6 Å². The Balaban J connectivity index is 2.05. The van der Waals surface area contributed by atoms with E-state index in [9.17, 15) is 0 Å². The molecule has 3 N–H and O–H groups in total. The number of nitrogen functional groups attached to an aromatic ring is 1. The van der Waals surface area contributed by atoms with Gasteiger partial charge in [-0.3, -0.25) is 0 Å². The van der Waals surface area contributed by atoms with Crippen molar-refractivity contribution in [3.05, 3.63) is 53.2 Å². The molecule has 0 bridgehead atoms. The van der Waals surface area contributed by atoms with Crippen LogP contribution in [0.1, 0.15) is 5.69 Å². The van der Waals surface area contributed by atoms with E-state index in [2.05, 4.69) is 10.4 Å². The molecule has 1 aromatic carbocycles. The predicted octanol–water partition coefficient (Wildman–Crippen LogP) is 3.31. The standard InChI is InChI=1S/C12H12ClN3S/c13-10-5-1-2-6-11(10)17-8-9-4-3-7-12(15-9)16-14/h1-7H,8,14H2,(H,15,16). The zero-order valence-electron chi connectivity index (χ0n) is 9.06. The number of hydrazine groups is 1. The maximum atomic E-state index is 6.08. The van der Waals surface area contributed by atoms with E-state index < -0.39 is 0 Å². The van der Waals surface area contributed by atoms with Crippen molar-refractivity contribution in [3.8, 4) is 0 Å². The minimum absolute atomic E-state index is 0.669. The first-order chi connectivity index (χ1) is 8.29. The Bertz CT molecular complexity index is 505. The average Bonchev–Trinajstić information content (AvgIpc) is 2.38. The summed E-state index contributed by atoms with van der Waals surface area (Å²) in [6.45, 7) is 0. The molecule has 0 saturated carbocycles. The van der Waals surface area contributed by atoms with E-state index in [1.165, 1.54) is 0 Å². The predicted molar refractivity (Wildman–Crippen MR) is 73.1 cm³/mol. The zero-order valence-corrected chi connectivity index (χ0v) is 10.6. The second-order valence-corrected chi connectivity index (χ2v) is 4.80. The van der Waals surface area contributed by atoms with Crippen LogP contribution in [0.4, 0.5) is 5.82 Å². The van der Waals surface area contributed by atoms with Gasteiger partial charge in [-0.2, -0.15) is 0 Å². The molecular formula is C12H12ClN3S. The lowest BCUT2D eigenvalue weighted by Crippen LogP contribution is -2.08. The van der Waals surface area contributed by atoms with Gasteiger partial charge in [0.1, 0.15) is 5.82 Å². The number of rotatable bonds is 4. The molecule has 17 heavy (non-hydrogen) atoms. The van der Waals surface area contributed by atoms with E-state index in [0.717, 1.165) is 21.4 Å². The minimum atomic E-state index is 0.669. The van der Waals surface area contributed by atoms with E-state index >= 15 is 0 Å². The van der Waals surface area contributed by atoms with Crippen molar-refractivity contribution in [2.24, 2.45) is 5.84 Å². The van der Waals surface area contributed by atoms with Gasteiger partial charge in [0.05, 0.1) is 10.7 Å². The second kappa shape index (κ2) is 5.91. The Kier molecular flexibility index (Phi) is 4.25. The summed E-state index contributed by atoms with van der Waals surface area (Å²) in [5, 5.41) is 0.769. The summed E-state index contributed by atoms with van der Waals surface area (Å²) in [5.74, 6) is 6.74. The summed E-state index contributed by atoms with van der Waals surface area (Å²) in [6.07, 6.45) is 0. The molecule has 5 heteroatoms. The fourth-order valence-corrected chi connectivity index (χ4v) is 2.50. The van der Waals surface area contributed by atoms with Crippen LogP contribution < -0.4 is 11.3 Å². The Morgan fingerprint density at radius 2 is 2.00 bits per heavy atom. The molecule has 0 amide bonds. The molecule has 0 aliphatic carbocycles. The topological polar surface area (TPSA) is 50.9 Å². The number of thioether (sulfide) groups is 1. The van der Waals surface area contributed by atoms with Crippen molar-refractivity contribution in [1.82, 2.24) is 4.98 Å². The molecular weight excluding hydrogens is 254 g/mol. The molecule has 1 aromatic heterocycles. The first kappa shape index (κ1) is 12.2. The van der Waals surface area contributed by atoms with E-state index in [4.69, 9.17) is 17.4 Å². The highest BCUT2D eigenvalue weighted by atomic mass is 35.5. The highest BCUT2D eigenvalue weighted by molar-refractivity contribution is 7.98. The summed E-state index contributed by atoms with van der Waals surface area (Å²) in [6, 6.07) is 13.5. The average molecular weight is 266 g/mol. The summed E-state index contributed by atoms with van der Waals surface area (Å²) >= 11 is 7.73. The SMILES string of the molecule is NNc1cccc(CSc2ccccc2Cl)n1. The molecule has 0 spiro atoms. The number of hydrogen-bond acceptors (Lipinski definition) is 4. The van der Waals surface area contributed by atoms with E-state index in [-0.39, 0.29) is 0 Å². The summed E-state index contributed by atoms with van der Waals surface area (Å²) in [7, 11) is 0. The summed E-state index contributed by atoms with van der Waals surface area (Å²) in [4.78, 5) is 5.39. The van der Waals surface area contributed by atoms with E-state index in [1.807, 2.05) is 42.5 Å². The second-order valence-electron chi connectivity index (χ2n) is 3.38. The van der Waals surface area contributed by atoms with E-state index in [1.54, 1.807) is 11.8 Å².